The molecule has 0 amide bonds. The van der Waals surface area contributed by atoms with Crippen molar-refractivity contribution in [2.45, 2.75) is 24.4 Å². The summed E-state index contributed by atoms with van der Waals surface area (Å²) in [5, 5.41) is 11.9. The van der Waals surface area contributed by atoms with Crippen LogP contribution in [0.5, 0.6) is 5.75 Å². The van der Waals surface area contributed by atoms with Gasteiger partial charge >= 0.3 is 6.18 Å². The average molecular weight is 343 g/mol. The van der Waals surface area contributed by atoms with E-state index in [4.69, 9.17) is 0 Å². The van der Waals surface area contributed by atoms with Gasteiger partial charge in [-0.2, -0.15) is 13.2 Å². The van der Waals surface area contributed by atoms with Gasteiger partial charge in [0.15, 0.2) is 15.6 Å². The highest BCUT2D eigenvalue weighted by Gasteiger charge is 2.31. The smallest absolute Gasteiger partial charge is 0.289 e. The highest BCUT2D eigenvalue weighted by Crippen LogP contribution is 2.37. The number of sulfone groups is 1. The van der Waals surface area contributed by atoms with Crippen LogP contribution in [-0.4, -0.2) is 14.2 Å². The highest BCUT2D eigenvalue weighted by molar-refractivity contribution is 7.91. The van der Waals surface area contributed by atoms with E-state index in [1.165, 1.54) is 24.3 Å². The normalized spacial score (nSPS) is 12.3. The van der Waals surface area contributed by atoms with Crippen LogP contribution >= 0.6 is 0 Å². The fourth-order valence-corrected chi connectivity index (χ4v) is 3.54. The summed E-state index contributed by atoms with van der Waals surface area (Å²) in [6.07, 6.45) is -4.16. The molecule has 0 N–H and O–H groups in total. The van der Waals surface area contributed by atoms with E-state index in [9.17, 15) is 26.7 Å². The molecule has 0 atom stereocenters. The molecule has 0 bridgehead atoms. The third-order valence-corrected chi connectivity index (χ3v) is 5.20. The third-order valence-electron chi connectivity index (χ3n) is 3.28. The molecule has 0 aromatic heterocycles. The Morgan fingerprint density at radius 1 is 1.04 bits per heavy atom. The van der Waals surface area contributed by atoms with Crippen LogP contribution in [0.2, 0.25) is 0 Å². The van der Waals surface area contributed by atoms with Crippen LogP contribution in [0.3, 0.4) is 0 Å². The van der Waals surface area contributed by atoms with Gasteiger partial charge in [0.25, 0.3) is 0 Å². The predicted octanol–water partition coefficient (Wildman–Crippen LogP) is 4.70. The molecule has 0 saturated carbocycles. The van der Waals surface area contributed by atoms with E-state index < -0.39 is 27.3 Å². The van der Waals surface area contributed by atoms with E-state index in [0.29, 0.717) is 12.5 Å². The van der Waals surface area contributed by atoms with Crippen LogP contribution in [0.1, 0.15) is 18.9 Å². The first-order valence-corrected chi connectivity index (χ1v) is 8.52. The molecule has 0 saturated heterocycles. The lowest BCUT2D eigenvalue weighted by Crippen LogP contribution is -2.06. The summed E-state index contributed by atoms with van der Waals surface area (Å²) in [7, 11) is -3.52. The molecule has 2 aromatic carbocycles. The molecule has 23 heavy (non-hydrogen) atoms. The second-order valence-corrected chi connectivity index (χ2v) is 7.16. The standard InChI is InChI=1S/C16H14F3O3S/c1-2-8-23(21,22)13-5-3-4-11(9-13)14-10-12(16(17,18)19)6-7-15(14)20/h3-7,9-10H,2,8H2,1H3. The van der Waals surface area contributed by atoms with Gasteiger partial charge in [-0.3, -0.25) is 5.11 Å². The summed E-state index contributed by atoms with van der Waals surface area (Å²) in [6.45, 7) is 1.71. The third kappa shape index (κ3) is 3.85. The zero-order valence-corrected chi connectivity index (χ0v) is 13.0. The van der Waals surface area contributed by atoms with E-state index in [2.05, 4.69) is 0 Å². The topological polar surface area (TPSA) is 54.0 Å². The molecule has 0 spiro atoms. The fraction of sp³-hybridized carbons (Fsp3) is 0.250. The Morgan fingerprint density at radius 2 is 1.74 bits per heavy atom. The van der Waals surface area contributed by atoms with Gasteiger partial charge < -0.3 is 0 Å². The first kappa shape index (κ1) is 17.3. The molecule has 0 aliphatic heterocycles. The average Bonchev–Trinajstić information content (AvgIpc) is 2.46. The number of alkyl halides is 3. The summed E-state index contributed by atoms with van der Waals surface area (Å²) >= 11 is 0. The van der Waals surface area contributed by atoms with Crippen molar-refractivity contribution in [2.24, 2.45) is 0 Å². The molecule has 123 valence electrons. The zero-order chi connectivity index (χ0) is 17.3. The van der Waals surface area contributed by atoms with Gasteiger partial charge in [0.1, 0.15) is 0 Å². The monoisotopic (exact) mass is 343 g/mol. The Morgan fingerprint density at radius 3 is 2.35 bits per heavy atom. The van der Waals surface area contributed by atoms with E-state index in [-0.39, 0.29) is 21.8 Å². The number of hydrogen-bond acceptors (Lipinski definition) is 2. The minimum Gasteiger partial charge on any atom is -0.289 e. The second-order valence-electron chi connectivity index (χ2n) is 5.06. The molecule has 0 fully saturated rings. The molecule has 0 unspecified atom stereocenters. The van der Waals surface area contributed by atoms with Crippen molar-refractivity contribution in [2.75, 3.05) is 5.75 Å². The summed E-state index contributed by atoms with van der Waals surface area (Å²) in [5.41, 5.74) is -0.972. The van der Waals surface area contributed by atoms with Crippen molar-refractivity contribution in [1.82, 2.24) is 0 Å². The minimum atomic E-state index is -4.58. The van der Waals surface area contributed by atoms with Crippen molar-refractivity contribution in [1.29, 1.82) is 0 Å². The van der Waals surface area contributed by atoms with E-state index in [1.54, 1.807) is 6.92 Å². The van der Waals surface area contributed by atoms with Crippen molar-refractivity contribution in [3.05, 3.63) is 48.0 Å². The van der Waals surface area contributed by atoms with Crippen LogP contribution < -0.4 is 0 Å². The molecule has 2 rings (SSSR count). The van der Waals surface area contributed by atoms with Crippen molar-refractivity contribution >= 4 is 9.84 Å². The maximum atomic E-state index is 12.8. The Kier molecular flexibility index (Phi) is 4.70. The van der Waals surface area contributed by atoms with Gasteiger partial charge in [-0.05, 0) is 42.3 Å². The quantitative estimate of drug-likeness (QED) is 0.808. The molecule has 0 aliphatic carbocycles. The molecule has 7 heteroatoms. The van der Waals surface area contributed by atoms with Crippen LogP contribution in [0.4, 0.5) is 13.2 Å². The lowest BCUT2D eigenvalue weighted by molar-refractivity contribution is -0.137. The summed E-state index contributed by atoms with van der Waals surface area (Å²) in [5.74, 6) is -0.661. The number of benzene rings is 2. The lowest BCUT2D eigenvalue weighted by Gasteiger charge is -2.11. The fourth-order valence-electron chi connectivity index (χ4n) is 2.18. The minimum absolute atomic E-state index is 0.00587. The Bertz CT molecular complexity index is 812. The first-order valence-electron chi connectivity index (χ1n) is 6.86. The van der Waals surface area contributed by atoms with E-state index >= 15 is 0 Å². The van der Waals surface area contributed by atoms with Gasteiger partial charge in [-0.25, -0.2) is 8.42 Å². The maximum absolute atomic E-state index is 12.8. The first-order chi connectivity index (χ1) is 10.6. The number of rotatable bonds is 4. The van der Waals surface area contributed by atoms with Crippen LogP contribution in [0, 0.1) is 0 Å². The molecule has 2 aromatic rings. The van der Waals surface area contributed by atoms with Gasteiger partial charge in [0, 0.05) is 5.56 Å². The van der Waals surface area contributed by atoms with Gasteiger partial charge in [-0.1, -0.05) is 19.1 Å². The van der Waals surface area contributed by atoms with Crippen LogP contribution in [0.15, 0.2) is 47.4 Å². The Balaban J connectivity index is 2.56. The van der Waals surface area contributed by atoms with E-state index in [1.807, 2.05) is 0 Å². The second kappa shape index (κ2) is 6.23. The zero-order valence-electron chi connectivity index (χ0n) is 12.2. The summed E-state index contributed by atoms with van der Waals surface area (Å²) in [6, 6.07) is 7.73. The van der Waals surface area contributed by atoms with Gasteiger partial charge in [0.2, 0.25) is 0 Å². The maximum Gasteiger partial charge on any atom is 0.416 e. The Hall–Kier alpha value is -2.02. The molecule has 0 aliphatic rings. The highest BCUT2D eigenvalue weighted by atomic mass is 32.2. The molecule has 1 radical (unpaired) electrons. The summed E-state index contributed by atoms with van der Waals surface area (Å²) in [4.78, 5) is -0.00587. The molecular formula is C16H14F3O3S. The lowest BCUT2D eigenvalue weighted by atomic mass is 10.0. The number of hydrogen-bond donors (Lipinski definition) is 0. The Labute approximate surface area is 132 Å². The molecule has 0 heterocycles. The van der Waals surface area contributed by atoms with Crippen LogP contribution in [-0.2, 0) is 21.1 Å². The van der Waals surface area contributed by atoms with Crippen molar-refractivity contribution in [3.63, 3.8) is 0 Å². The molecule has 3 nitrogen and oxygen atoms in total. The predicted molar refractivity (Wildman–Crippen MR) is 79.4 cm³/mol. The number of halogens is 3. The van der Waals surface area contributed by atoms with E-state index in [0.717, 1.165) is 12.1 Å². The SMILES string of the molecule is CCCS(=O)(=O)c1cccc(-c2cc(C(F)(F)F)ccc2[O])c1. The van der Waals surface area contributed by atoms with Crippen LogP contribution in [0.25, 0.3) is 11.1 Å². The largest absolute Gasteiger partial charge is 0.416 e. The molecular weight excluding hydrogens is 329 g/mol. The van der Waals surface area contributed by atoms with Gasteiger partial charge in [0.05, 0.1) is 16.2 Å². The van der Waals surface area contributed by atoms with Crippen molar-refractivity contribution < 1.29 is 26.7 Å². The van der Waals surface area contributed by atoms with Crippen molar-refractivity contribution in [3.8, 4) is 16.9 Å². The summed E-state index contributed by atoms with van der Waals surface area (Å²) < 4.78 is 62.5. The van der Waals surface area contributed by atoms with Gasteiger partial charge in [-0.15, -0.1) is 0 Å².